The van der Waals surface area contributed by atoms with Gasteiger partial charge in [0.25, 0.3) is 5.91 Å². The summed E-state index contributed by atoms with van der Waals surface area (Å²) in [5.74, 6) is -0.361. The molecule has 1 saturated carbocycles. The lowest BCUT2D eigenvalue weighted by Gasteiger charge is -2.21. The highest BCUT2D eigenvalue weighted by molar-refractivity contribution is 6.30. The van der Waals surface area contributed by atoms with Crippen LogP contribution in [0.2, 0.25) is 5.02 Å². The molecule has 0 bridgehead atoms. The fourth-order valence-electron chi connectivity index (χ4n) is 3.03. The predicted molar refractivity (Wildman–Crippen MR) is 103 cm³/mol. The molecule has 1 aliphatic carbocycles. The number of halogens is 1. The number of hydrogen-bond donors (Lipinski definition) is 2. The van der Waals surface area contributed by atoms with E-state index in [1.165, 1.54) is 11.1 Å². The summed E-state index contributed by atoms with van der Waals surface area (Å²) in [6.45, 7) is 4.04. The van der Waals surface area contributed by atoms with Crippen LogP contribution in [0, 0.1) is 6.92 Å². The Labute approximate surface area is 158 Å². The molecule has 2 amide bonds. The van der Waals surface area contributed by atoms with Gasteiger partial charge in [-0.05, 0) is 62.9 Å². The number of carbonyl (C=O) groups is 2. The lowest BCUT2D eigenvalue weighted by Crippen LogP contribution is -2.51. The van der Waals surface area contributed by atoms with Crippen LogP contribution < -0.4 is 10.6 Å². The third-order valence-corrected chi connectivity index (χ3v) is 4.90. The van der Waals surface area contributed by atoms with Gasteiger partial charge in [-0.15, -0.1) is 0 Å². The molecule has 1 fully saturated rings. The Kier molecular flexibility index (Phi) is 5.33. The van der Waals surface area contributed by atoms with Crippen LogP contribution >= 0.6 is 11.6 Å². The highest BCUT2D eigenvalue weighted by Crippen LogP contribution is 2.36. The van der Waals surface area contributed by atoms with Crippen molar-refractivity contribution in [3.8, 4) is 0 Å². The van der Waals surface area contributed by atoms with Gasteiger partial charge in [0.1, 0.15) is 5.54 Å². The molecule has 0 spiro atoms. The molecule has 2 N–H and O–H groups in total. The average molecular weight is 371 g/mol. The molecule has 26 heavy (non-hydrogen) atoms. The molecule has 0 radical (unpaired) electrons. The maximum Gasteiger partial charge on any atom is 0.252 e. The van der Waals surface area contributed by atoms with E-state index in [1.54, 1.807) is 24.3 Å². The number of hydrogen-bond acceptors (Lipinski definition) is 2. The molecule has 2 aromatic rings. The van der Waals surface area contributed by atoms with Crippen LogP contribution in [0.25, 0.3) is 0 Å². The maximum absolute atomic E-state index is 12.7. The van der Waals surface area contributed by atoms with Crippen molar-refractivity contribution in [3.63, 3.8) is 0 Å². The Morgan fingerprint density at radius 2 is 1.85 bits per heavy atom. The number of amides is 2. The van der Waals surface area contributed by atoms with E-state index in [1.807, 2.05) is 13.0 Å². The molecule has 136 valence electrons. The third-order valence-electron chi connectivity index (χ3n) is 4.65. The lowest BCUT2D eigenvalue weighted by atomic mass is 10.0. The second-order valence-corrected chi connectivity index (χ2v) is 7.55. The first kappa shape index (κ1) is 18.5. The average Bonchev–Trinajstić information content (AvgIpc) is 3.36. The first-order valence-electron chi connectivity index (χ1n) is 8.82. The van der Waals surface area contributed by atoms with Crippen molar-refractivity contribution in [2.24, 2.45) is 0 Å². The van der Waals surface area contributed by atoms with E-state index in [0.717, 1.165) is 6.42 Å². The lowest BCUT2D eigenvalue weighted by molar-refractivity contribution is -0.124. The second-order valence-electron chi connectivity index (χ2n) is 7.11. The smallest absolute Gasteiger partial charge is 0.252 e. The largest absolute Gasteiger partial charge is 0.351 e. The molecule has 0 aromatic heterocycles. The zero-order chi connectivity index (χ0) is 18.7. The van der Waals surface area contributed by atoms with Crippen LogP contribution in [-0.2, 0) is 11.2 Å². The molecular weight excluding hydrogens is 348 g/mol. The van der Waals surface area contributed by atoms with Crippen LogP contribution in [0.5, 0.6) is 0 Å². The number of carbonyl (C=O) groups excluding carboxylic acids is 2. The minimum Gasteiger partial charge on any atom is -0.351 e. The zero-order valence-corrected chi connectivity index (χ0v) is 15.8. The first-order valence-corrected chi connectivity index (χ1v) is 9.20. The quantitative estimate of drug-likeness (QED) is 0.815. The molecular formula is C21H23ClN2O2. The third kappa shape index (κ3) is 4.44. The number of aryl methyl sites for hydroxylation is 1. The zero-order valence-electron chi connectivity index (χ0n) is 15.0. The van der Waals surface area contributed by atoms with Crippen molar-refractivity contribution in [2.75, 3.05) is 0 Å². The predicted octanol–water partition coefficient (Wildman–Crippen LogP) is 3.66. The Bertz CT molecular complexity index is 813. The fraction of sp³-hybridized carbons (Fsp3) is 0.333. The fourth-order valence-corrected chi connectivity index (χ4v) is 3.16. The highest BCUT2D eigenvalue weighted by Gasteiger charge is 2.51. The van der Waals surface area contributed by atoms with Crippen molar-refractivity contribution in [1.82, 2.24) is 10.6 Å². The number of rotatable bonds is 6. The van der Waals surface area contributed by atoms with Gasteiger partial charge < -0.3 is 10.6 Å². The van der Waals surface area contributed by atoms with Crippen molar-refractivity contribution in [3.05, 3.63) is 70.2 Å². The van der Waals surface area contributed by atoms with E-state index in [9.17, 15) is 9.59 Å². The highest BCUT2D eigenvalue weighted by atomic mass is 35.5. The summed E-state index contributed by atoms with van der Waals surface area (Å²) in [7, 11) is 0. The molecule has 5 heteroatoms. The normalized spacial score (nSPS) is 15.8. The van der Waals surface area contributed by atoms with E-state index in [4.69, 9.17) is 11.6 Å². The minimum absolute atomic E-state index is 0.00536. The van der Waals surface area contributed by atoms with Gasteiger partial charge in [-0.1, -0.05) is 41.4 Å². The Hall–Kier alpha value is -2.33. The summed E-state index contributed by atoms with van der Waals surface area (Å²) in [5.41, 5.74) is 2.11. The molecule has 0 aliphatic heterocycles. The molecule has 3 rings (SSSR count). The van der Waals surface area contributed by atoms with Gasteiger partial charge in [0, 0.05) is 16.6 Å². The van der Waals surface area contributed by atoms with Crippen LogP contribution in [0.1, 0.15) is 41.3 Å². The molecule has 0 heterocycles. The van der Waals surface area contributed by atoms with Crippen LogP contribution in [0.3, 0.4) is 0 Å². The number of benzene rings is 2. The van der Waals surface area contributed by atoms with Gasteiger partial charge in [0.15, 0.2) is 0 Å². The van der Waals surface area contributed by atoms with Crippen molar-refractivity contribution >= 4 is 23.4 Å². The van der Waals surface area contributed by atoms with Crippen molar-refractivity contribution in [2.45, 2.75) is 44.7 Å². The van der Waals surface area contributed by atoms with Gasteiger partial charge >= 0.3 is 0 Å². The van der Waals surface area contributed by atoms with Gasteiger partial charge in [-0.2, -0.15) is 0 Å². The van der Waals surface area contributed by atoms with E-state index in [-0.39, 0.29) is 17.9 Å². The van der Waals surface area contributed by atoms with Gasteiger partial charge in [0.05, 0.1) is 0 Å². The van der Waals surface area contributed by atoms with Crippen molar-refractivity contribution < 1.29 is 9.59 Å². The van der Waals surface area contributed by atoms with Gasteiger partial charge in [-0.25, -0.2) is 0 Å². The van der Waals surface area contributed by atoms with Crippen molar-refractivity contribution in [1.29, 1.82) is 0 Å². The Balaban J connectivity index is 1.58. The summed E-state index contributed by atoms with van der Waals surface area (Å²) in [6, 6.07) is 14.9. The second kappa shape index (κ2) is 7.50. The Morgan fingerprint density at radius 1 is 1.15 bits per heavy atom. The van der Waals surface area contributed by atoms with E-state index < -0.39 is 5.54 Å². The van der Waals surface area contributed by atoms with E-state index in [2.05, 4.69) is 35.8 Å². The molecule has 0 unspecified atom stereocenters. The summed E-state index contributed by atoms with van der Waals surface area (Å²) >= 11 is 5.85. The minimum atomic E-state index is -0.780. The summed E-state index contributed by atoms with van der Waals surface area (Å²) in [6.07, 6.45) is 2.08. The molecule has 1 atom stereocenters. The monoisotopic (exact) mass is 370 g/mol. The molecule has 0 saturated heterocycles. The first-order chi connectivity index (χ1) is 12.4. The van der Waals surface area contributed by atoms with Crippen LogP contribution in [0.4, 0.5) is 0 Å². The van der Waals surface area contributed by atoms with Gasteiger partial charge in [-0.3, -0.25) is 9.59 Å². The van der Waals surface area contributed by atoms with E-state index >= 15 is 0 Å². The topological polar surface area (TPSA) is 58.2 Å². The molecule has 1 aliphatic rings. The Morgan fingerprint density at radius 3 is 2.46 bits per heavy atom. The SMILES string of the molecule is Cc1cccc(C[C@@H](C)NC(=O)C2(NC(=O)c3ccc(Cl)cc3)CC2)c1. The summed E-state index contributed by atoms with van der Waals surface area (Å²) in [4.78, 5) is 25.1. The summed E-state index contributed by atoms with van der Waals surface area (Å²) < 4.78 is 0. The van der Waals surface area contributed by atoms with Gasteiger partial charge in [0.2, 0.25) is 5.91 Å². The maximum atomic E-state index is 12.7. The molecule has 4 nitrogen and oxygen atoms in total. The van der Waals surface area contributed by atoms with Crippen LogP contribution in [0.15, 0.2) is 48.5 Å². The number of nitrogens with one attached hydrogen (secondary N) is 2. The van der Waals surface area contributed by atoms with Crippen LogP contribution in [-0.4, -0.2) is 23.4 Å². The molecule has 2 aromatic carbocycles. The summed E-state index contributed by atoms with van der Waals surface area (Å²) in [5, 5.41) is 6.50. The van der Waals surface area contributed by atoms with E-state index in [0.29, 0.717) is 23.4 Å². The standard InChI is InChI=1S/C21H23ClN2O2/c1-14-4-3-5-16(12-14)13-15(2)23-20(26)21(10-11-21)24-19(25)17-6-8-18(22)9-7-17/h3-9,12,15H,10-11,13H2,1-2H3,(H,23,26)(H,24,25)/t15-/m1/s1.